The summed E-state index contributed by atoms with van der Waals surface area (Å²) in [7, 11) is 0. The molecule has 0 nitrogen and oxygen atoms in total. The van der Waals surface area contributed by atoms with Gasteiger partial charge in [-0.25, -0.2) is 0 Å². The molecule has 0 spiro atoms. The van der Waals surface area contributed by atoms with Gasteiger partial charge >= 0.3 is 0 Å². The lowest BCUT2D eigenvalue weighted by Gasteiger charge is -2.44. The van der Waals surface area contributed by atoms with Crippen molar-refractivity contribution >= 4 is 0 Å². The van der Waals surface area contributed by atoms with Gasteiger partial charge in [-0.2, -0.15) is 0 Å². The van der Waals surface area contributed by atoms with E-state index in [0.717, 1.165) is 12.8 Å². The van der Waals surface area contributed by atoms with Crippen LogP contribution in [-0.4, -0.2) is 0 Å². The van der Waals surface area contributed by atoms with E-state index in [1.165, 1.54) is 35.1 Å². The highest BCUT2D eigenvalue weighted by Crippen LogP contribution is 2.68. The monoisotopic (exact) mass is 410 g/mol. The zero-order valence-electron chi connectivity index (χ0n) is 22.1. The second-order valence-electron chi connectivity index (χ2n) is 13.1. The van der Waals surface area contributed by atoms with E-state index in [0.29, 0.717) is 28.6 Å². The molecule has 2 aliphatic carbocycles. The molecule has 2 rings (SSSR count). The van der Waals surface area contributed by atoms with Crippen molar-refractivity contribution in [1.29, 1.82) is 0 Å². The molecule has 30 heavy (non-hydrogen) atoms. The van der Waals surface area contributed by atoms with Gasteiger partial charge in [0.2, 0.25) is 0 Å². The zero-order chi connectivity index (χ0) is 23.3. The topological polar surface area (TPSA) is 0 Å². The minimum atomic E-state index is 0.0754. The summed E-state index contributed by atoms with van der Waals surface area (Å²) in [5, 5.41) is 0. The van der Waals surface area contributed by atoms with Crippen LogP contribution in [0.5, 0.6) is 0 Å². The first-order chi connectivity index (χ1) is 13.5. The summed E-state index contributed by atoms with van der Waals surface area (Å²) in [5.41, 5.74) is 6.28. The molecule has 1 fully saturated rings. The highest BCUT2D eigenvalue weighted by atomic mass is 14.6. The van der Waals surface area contributed by atoms with E-state index in [4.69, 9.17) is 6.58 Å². The summed E-state index contributed by atoms with van der Waals surface area (Å²) < 4.78 is 0. The lowest BCUT2D eigenvalue weighted by molar-refractivity contribution is 0.0599. The Morgan fingerprint density at radius 3 is 2.20 bits per heavy atom. The Morgan fingerprint density at radius 2 is 1.73 bits per heavy atom. The van der Waals surface area contributed by atoms with Crippen LogP contribution in [0.15, 0.2) is 47.6 Å². The minimum absolute atomic E-state index is 0.0754. The molecule has 0 aromatic carbocycles. The third kappa shape index (κ3) is 4.44. The fourth-order valence-corrected chi connectivity index (χ4v) is 6.77. The van der Waals surface area contributed by atoms with Crippen LogP contribution < -0.4 is 0 Å². The number of rotatable bonds is 5. The van der Waals surface area contributed by atoms with Gasteiger partial charge in [0, 0.05) is 0 Å². The summed E-state index contributed by atoms with van der Waals surface area (Å²) in [6.07, 6.45) is 9.74. The quantitative estimate of drug-likeness (QED) is 0.396. The highest BCUT2D eigenvalue weighted by Gasteiger charge is 2.59. The zero-order valence-corrected chi connectivity index (χ0v) is 22.1. The van der Waals surface area contributed by atoms with E-state index in [1.54, 1.807) is 0 Å². The smallest absolute Gasteiger partial charge is 0.00375 e. The van der Waals surface area contributed by atoms with Crippen LogP contribution in [0.1, 0.15) is 102 Å². The molecule has 5 unspecified atom stereocenters. The van der Waals surface area contributed by atoms with Gasteiger partial charge in [0.1, 0.15) is 0 Å². The Morgan fingerprint density at radius 1 is 1.17 bits per heavy atom. The summed E-state index contributed by atoms with van der Waals surface area (Å²) in [5.74, 6) is 1.84. The lowest BCUT2D eigenvalue weighted by Crippen LogP contribution is -2.37. The SMILES string of the molecule is C=C(C1=CC2(C)CC(C(C)(C)C)C(C)(C)C2CC(C)(CC=C(C)C)C1=C)C(C)CC. The van der Waals surface area contributed by atoms with Gasteiger partial charge in [0.05, 0.1) is 0 Å². The largest absolute Gasteiger partial charge is 0.0950 e. The summed E-state index contributed by atoms with van der Waals surface area (Å²) in [6, 6.07) is 0. The molecule has 5 atom stereocenters. The van der Waals surface area contributed by atoms with Gasteiger partial charge in [-0.15, -0.1) is 0 Å². The average molecular weight is 411 g/mol. The van der Waals surface area contributed by atoms with E-state index in [2.05, 4.69) is 94.9 Å². The lowest BCUT2D eigenvalue weighted by atomic mass is 9.60. The molecule has 0 aromatic heterocycles. The standard InChI is InChI=1S/C30H50/c1-14-21(4)22(5)24-17-30(13)18-25(27(7,8)9)28(10,11)26(30)19-29(12,23(24)6)16-15-20(2)3/h15,17,21,25-26H,5-6,14,16,18-19H2,1-4,7-13H3. The Kier molecular flexibility index (Phi) is 6.85. The molecule has 0 saturated heterocycles. The van der Waals surface area contributed by atoms with Crippen molar-refractivity contribution in [3.05, 3.63) is 47.6 Å². The first-order valence-corrected chi connectivity index (χ1v) is 12.2. The van der Waals surface area contributed by atoms with E-state index in [9.17, 15) is 0 Å². The predicted octanol–water partition coefficient (Wildman–Crippen LogP) is 9.55. The molecule has 0 heterocycles. The highest BCUT2D eigenvalue weighted by molar-refractivity contribution is 5.51. The van der Waals surface area contributed by atoms with Gasteiger partial charge in [-0.05, 0) is 95.7 Å². The van der Waals surface area contributed by atoms with Crippen LogP contribution in [0.3, 0.4) is 0 Å². The third-order valence-corrected chi connectivity index (χ3v) is 8.98. The molecule has 0 bridgehead atoms. The van der Waals surface area contributed by atoms with Gasteiger partial charge < -0.3 is 0 Å². The van der Waals surface area contributed by atoms with Crippen LogP contribution in [-0.2, 0) is 0 Å². The van der Waals surface area contributed by atoms with Crippen molar-refractivity contribution in [1.82, 2.24) is 0 Å². The molecule has 0 amide bonds. The molecule has 0 aromatic rings. The maximum atomic E-state index is 4.74. The number of hydrogen-bond acceptors (Lipinski definition) is 0. The van der Waals surface area contributed by atoms with E-state index >= 15 is 0 Å². The van der Waals surface area contributed by atoms with Gasteiger partial charge in [-0.3, -0.25) is 0 Å². The molecule has 1 saturated carbocycles. The van der Waals surface area contributed by atoms with Crippen molar-refractivity contribution in [3.63, 3.8) is 0 Å². The Labute approximate surface area is 189 Å². The van der Waals surface area contributed by atoms with Crippen LogP contribution in [0.25, 0.3) is 0 Å². The van der Waals surface area contributed by atoms with Crippen LogP contribution in [0, 0.1) is 39.4 Å². The Bertz CT molecular complexity index is 745. The molecule has 2 aliphatic rings. The first-order valence-electron chi connectivity index (χ1n) is 12.2. The molecule has 0 radical (unpaired) electrons. The Balaban J connectivity index is 2.70. The second-order valence-corrected chi connectivity index (χ2v) is 13.1. The molecular weight excluding hydrogens is 360 g/mol. The summed E-state index contributed by atoms with van der Waals surface area (Å²) >= 11 is 0. The molecule has 0 N–H and O–H groups in total. The van der Waals surface area contributed by atoms with E-state index in [-0.39, 0.29) is 10.8 Å². The number of hydrogen-bond donors (Lipinski definition) is 0. The molecular formula is C30H50. The van der Waals surface area contributed by atoms with Gasteiger partial charge in [0.25, 0.3) is 0 Å². The Hall–Kier alpha value is -1.04. The fourth-order valence-electron chi connectivity index (χ4n) is 6.77. The van der Waals surface area contributed by atoms with E-state index in [1.807, 2.05) is 0 Å². The molecule has 0 aliphatic heterocycles. The average Bonchev–Trinajstić information content (AvgIpc) is 2.77. The fraction of sp³-hybridized carbons (Fsp3) is 0.733. The first kappa shape index (κ1) is 25.2. The number of fused-ring (bicyclic) bond motifs is 1. The molecule has 170 valence electrons. The minimum Gasteiger partial charge on any atom is -0.0950 e. The maximum absolute atomic E-state index is 4.74. The maximum Gasteiger partial charge on any atom is -0.00375 e. The predicted molar refractivity (Wildman–Crippen MR) is 136 cm³/mol. The van der Waals surface area contributed by atoms with Crippen molar-refractivity contribution in [2.24, 2.45) is 39.4 Å². The van der Waals surface area contributed by atoms with Crippen molar-refractivity contribution < 1.29 is 0 Å². The second kappa shape index (κ2) is 8.14. The molecule has 0 heteroatoms. The van der Waals surface area contributed by atoms with Crippen molar-refractivity contribution in [3.8, 4) is 0 Å². The van der Waals surface area contributed by atoms with Crippen LogP contribution in [0.4, 0.5) is 0 Å². The van der Waals surface area contributed by atoms with Crippen molar-refractivity contribution in [2.75, 3.05) is 0 Å². The summed E-state index contributed by atoms with van der Waals surface area (Å²) in [4.78, 5) is 0. The van der Waals surface area contributed by atoms with Gasteiger partial charge in [-0.1, -0.05) is 93.2 Å². The van der Waals surface area contributed by atoms with Crippen LogP contribution in [0.2, 0.25) is 0 Å². The normalized spacial score (nSPS) is 34.6. The number of allylic oxidation sites excluding steroid dienone is 6. The summed E-state index contributed by atoms with van der Waals surface area (Å²) in [6.45, 7) is 35.8. The van der Waals surface area contributed by atoms with Crippen LogP contribution >= 0.6 is 0 Å². The van der Waals surface area contributed by atoms with Gasteiger partial charge in [0.15, 0.2) is 0 Å². The van der Waals surface area contributed by atoms with E-state index < -0.39 is 0 Å². The van der Waals surface area contributed by atoms with Crippen molar-refractivity contribution in [2.45, 2.75) is 102 Å². The third-order valence-electron chi connectivity index (χ3n) is 8.98.